The topological polar surface area (TPSA) is 32.5 Å². The highest BCUT2D eigenvalue weighted by molar-refractivity contribution is 5.56. The van der Waals surface area contributed by atoms with Gasteiger partial charge in [0, 0.05) is 37.9 Å². The Bertz CT molecular complexity index is 515. The summed E-state index contributed by atoms with van der Waals surface area (Å²) in [5.41, 5.74) is 6.49. The van der Waals surface area contributed by atoms with Crippen molar-refractivity contribution in [3.05, 3.63) is 29.3 Å². The normalized spacial score (nSPS) is 23.4. The predicted octanol–water partition coefficient (Wildman–Crippen LogP) is 2.45. The van der Waals surface area contributed by atoms with Crippen LogP contribution in [0, 0.1) is 0 Å². The van der Waals surface area contributed by atoms with E-state index in [1.165, 1.54) is 18.9 Å². The van der Waals surface area contributed by atoms with Crippen molar-refractivity contribution < 1.29 is 13.2 Å². The van der Waals surface area contributed by atoms with Crippen LogP contribution in [0.3, 0.4) is 0 Å². The molecule has 0 radical (unpaired) electrons. The summed E-state index contributed by atoms with van der Waals surface area (Å²) in [4.78, 5) is 4.66. The lowest BCUT2D eigenvalue weighted by Crippen LogP contribution is -2.50. The van der Waals surface area contributed by atoms with Crippen molar-refractivity contribution in [2.24, 2.45) is 5.73 Å². The molecule has 2 fully saturated rings. The van der Waals surface area contributed by atoms with Gasteiger partial charge in [-0.1, -0.05) is 0 Å². The van der Waals surface area contributed by atoms with E-state index in [0.29, 0.717) is 11.6 Å². The zero-order chi connectivity index (χ0) is 15.0. The van der Waals surface area contributed by atoms with Crippen molar-refractivity contribution in [2.45, 2.75) is 31.6 Å². The first-order valence-electron chi connectivity index (χ1n) is 7.38. The third kappa shape index (κ3) is 2.87. The van der Waals surface area contributed by atoms with E-state index in [1.54, 1.807) is 6.07 Å². The molecule has 1 aromatic rings. The van der Waals surface area contributed by atoms with E-state index < -0.39 is 11.7 Å². The summed E-state index contributed by atoms with van der Waals surface area (Å²) >= 11 is 0. The molecule has 2 saturated heterocycles. The maximum atomic E-state index is 12.8. The molecule has 1 aromatic carbocycles. The summed E-state index contributed by atoms with van der Waals surface area (Å²) in [6, 6.07) is 4.47. The van der Waals surface area contributed by atoms with Gasteiger partial charge in [-0.3, -0.25) is 4.90 Å². The van der Waals surface area contributed by atoms with Gasteiger partial charge in [-0.05, 0) is 43.1 Å². The molecule has 3 rings (SSSR count). The fourth-order valence-corrected chi connectivity index (χ4v) is 3.44. The van der Waals surface area contributed by atoms with Crippen molar-refractivity contribution in [2.75, 3.05) is 31.1 Å². The van der Waals surface area contributed by atoms with Crippen LogP contribution in [0.1, 0.15) is 24.0 Å². The number of fused-ring (bicyclic) bond motifs is 1. The highest BCUT2D eigenvalue weighted by Gasteiger charge is 2.33. The molecule has 2 heterocycles. The van der Waals surface area contributed by atoms with Crippen molar-refractivity contribution in [1.29, 1.82) is 0 Å². The molecule has 116 valence electrons. The first-order chi connectivity index (χ1) is 9.99. The Balaban J connectivity index is 1.84. The monoisotopic (exact) mass is 299 g/mol. The van der Waals surface area contributed by atoms with Gasteiger partial charge in [-0.25, -0.2) is 0 Å². The molecule has 21 heavy (non-hydrogen) atoms. The molecule has 0 aliphatic carbocycles. The Morgan fingerprint density at radius 2 is 2.00 bits per heavy atom. The van der Waals surface area contributed by atoms with Crippen molar-refractivity contribution in [3.8, 4) is 0 Å². The second kappa shape index (κ2) is 5.50. The molecule has 2 aliphatic heterocycles. The van der Waals surface area contributed by atoms with Crippen LogP contribution < -0.4 is 10.6 Å². The van der Waals surface area contributed by atoms with E-state index in [1.807, 2.05) is 0 Å². The smallest absolute Gasteiger partial charge is 0.368 e. The second-order valence-electron chi connectivity index (χ2n) is 5.82. The minimum Gasteiger partial charge on any atom is -0.368 e. The number of piperazine rings is 1. The van der Waals surface area contributed by atoms with Crippen molar-refractivity contribution >= 4 is 5.69 Å². The molecule has 2 aliphatic rings. The van der Waals surface area contributed by atoms with Crippen LogP contribution in [0.15, 0.2) is 18.2 Å². The van der Waals surface area contributed by atoms with Crippen LogP contribution in [-0.4, -0.2) is 37.1 Å². The Kier molecular flexibility index (Phi) is 3.84. The third-order valence-electron chi connectivity index (χ3n) is 4.55. The predicted molar refractivity (Wildman–Crippen MR) is 76.1 cm³/mol. The van der Waals surface area contributed by atoms with Crippen molar-refractivity contribution in [3.63, 3.8) is 0 Å². The molecule has 0 spiro atoms. The van der Waals surface area contributed by atoms with Gasteiger partial charge in [0.05, 0.1) is 5.56 Å². The van der Waals surface area contributed by atoms with Gasteiger partial charge < -0.3 is 10.6 Å². The van der Waals surface area contributed by atoms with E-state index in [-0.39, 0.29) is 6.54 Å². The number of alkyl halides is 3. The molecule has 6 heteroatoms. The molecule has 0 amide bonds. The molecule has 0 saturated carbocycles. The number of anilines is 1. The van der Waals surface area contributed by atoms with Crippen molar-refractivity contribution in [1.82, 2.24) is 4.90 Å². The Morgan fingerprint density at radius 3 is 2.71 bits per heavy atom. The van der Waals surface area contributed by atoms with Crippen LogP contribution in [-0.2, 0) is 12.7 Å². The number of nitrogens with zero attached hydrogens (tertiary/aromatic N) is 2. The van der Waals surface area contributed by atoms with Crippen LogP contribution in [0.5, 0.6) is 0 Å². The standard InChI is InChI=1S/C15H20F3N3/c16-15(17,18)12-3-4-14(11(8-12)9-19)21-7-6-20-5-1-2-13(20)10-21/h3-4,8,13H,1-2,5-7,9-10,19H2. The van der Waals surface area contributed by atoms with Gasteiger partial charge in [-0.2, -0.15) is 13.2 Å². The molecular formula is C15H20F3N3. The first kappa shape index (κ1) is 14.7. The molecule has 2 N–H and O–H groups in total. The fraction of sp³-hybridized carbons (Fsp3) is 0.600. The lowest BCUT2D eigenvalue weighted by Gasteiger charge is -2.39. The van der Waals surface area contributed by atoms with E-state index in [0.717, 1.165) is 37.9 Å². The highest BCUT2D eigenvalue weighted by atomic mass is 19.4. The average molecular weight is 299 g/mol. The number of hydrogen-bond acceptors (Lipinski definition) is 3. The lowest BCUT2D eigenvalue weighted by molar-refractivity contribution is -0.137. The van der Waals surface area contributed by atoms with Crippen LogP contribution in [0.2, 0.25) is 0 Å². The lowest BCUT2D eigenvalue weighted by atomic mass is 10.0. The second-order valence-corrected chi connectivity index (χ2v) is 5.82. The zero-order valence-corrected chi connectivity index (χ0v) is 11.9. The van der Waals surface area contributed by atoms with Gasteiger partial charge >= 0.3 is 6.18 Å². The van der Waals surface area contributed by atoms with Crippen LogP contribution in [0.4, 0.5) is 18.9 Å². The Labute approximate surface area is 122 Å². The quantitative estimate of drug-likeness (QED) is 0.910. The molecular weight excluding hydrogens is 279 g/mol. The molecule has 1 atom stereocenters. The number of hydrogen-bond donors (Lipinski definition) is 1. The SMILES string of the molecule is NCc1cc(C(F)(F)F)ccc1N1CCN2CCCC2C1. The largest absolute Gasteiger partial charge is 0.416 e. The minimum atomic E-state index is -4.31. The minimum absolute atomic E-state index is 0.129. The maximum absolute atomic E-state index is 12.8. The van der Waals surface area contributed by atoms with Gasteiger partial charge in [-0.15, -0.1) is 0 Å². The van der Waals surface area contributed by atoms with Crippen LogP contribution >= 0.6 is 0 Å². The van der Waals surface area contributed by atoms with E-state index >= 15 is 0 Å². The summed E-state index contributed by atoms with van der Waals surface area (Å²) in [6.07, 6.45) is -1.92. The summed E-state index contributed by atoms with van der Waals surface area (Å²) in [5.74, 6) is 0. The van der Waals surface area contributed by atoms with E-state index in [9.17, 15) is 13.2 Å². The van der Waals surface area contributed by atoms with Gasteiger partial charge in [0.25, 0.3) is 0 Å². The average Bonchev–Trinajstić information content (AvgIpc) is 2.93. The molecule has 0 aromatic heterocycles. The van der Waals surface area contributed by atoms with E-state index in [4.69, 9.17) is 5.73 Å². The number of benzene rings is 1. The zero-order valence-electron chi connectivity index (χ0n) is 11.9. The van der Waals surface area contributed by atoms with Gasteiger partial charge in [0.15, 0.2) is 0 Å². The third-order valence-corrected chi connectivity index (χ3v) is 4.55. The van der Waals surface area contributed by atoms with Gasteiger partial charge in [0.1, 0.15) is 0 Å². The first-order valence-corrected chi connectivity index (χ1v) is 7.38. The number of rotatable bonds is 2. The maximum Gasteiger partial charge on any atom is 0.416 e. The highest BCUT2D eigenvalue weighted by Crippen LogP contribution is 2.34. The number of halogens is 3. The van der Waals surface area contributed by atoms with E-state index in [2.05, 4.69) is 9.80 Å². The number of nitrogens with two attached hydrogens (primary N) is 1. The summed E-state index contributed by atoms with van der Waals surface area (Å²) in [5, 5.41) is 0. The van der Waals surface area contributed by atoms with Gasteiger partial charge in [0.2, 0.25) is 0 Å². The molecule has 0 bridgehead atoms. The summed E-state index contributed by atoms with van der Waals surface area (Å²) in [6.45, 7) is 4.00. The summed E-state index contributed by atoms with van der Waals surface area (Å²) in [7, 11) is 0. The summed E-state index contributed by atoms with van der Waals surface area (Å²) < 4.78 is 38.4. The Hall–Kier alpha value is -1.27. The molecule has 1 unspecified atom stereocenters. The fourth-order valence-electron chi connectivity index (χ4n) is 3.44. The van der Waals surface area contributed by atoms with Crippen LogP contribution in [0.25, 0.3) is 0 Å². The molecule has 3 nitrogen and oxygen atoms in total. The Morgan fingerprint density at radius 1 is 1.19 bits per heavy atom.